The number of aromatic amines is 1. The minimum absolute atomic E-state index is 0.173. The number of hydrogen-bond acceptors (Lipinski definition) is 7. The zero-order valence-electron chi connectivity index (χ0n) is 20.6. The third-order valence-electron chi connectivity index (χ3n) is 5.57. The van der Waals surface area contributed by atoms with Crippen LogP contribution in [0.25, 0.3) is 10.9 Å². The maximum absolute atomic E-state index is 13.8. The van der Waals surface area contributed by atoms with E-state index in [1.165, 1.54) is 12.1 Å². The van der Waals surface area contributed by atoms with Crippen molar-refractivity contribution in [3.05, 3.63) is 59.0 Å². The van der Waals surface area contributed by atoms with Crippen LogP contribution in [0.1, 0.15) is 36.3 Å². The minimum Gasteiger partial charge on any atom is -0.492 e. The number of aliphatic hydroxyl groups excluding tert-OH is 1. The maximum atomic E-state index is 13.8. The number of carbonyl (C=O) groups is 1. The molecule has 1 atom stereocenters. The second kappa shape index (κ2) is 12.2. The van der Waals surface area contributed by atoms with Gasteiger partial charge in [0.15, 0.2) is 0 Å². The van der Waals surface area contributed by atoms with Crippen molar-refractivity contribution in [3.63, 3.8) is 0 Å². The van der Waals surface area contributed by atoms with Crippen LogP contribution in [0.2, 0.25) is 0 Å². The molecular formula is C25H32FN3O6S. The number of nitrogens with one attached hydrogen (secondary N) is 3. The van der Waals surface area contributed by atoms with Gasteiger partial charge in [0.05, 0.1) is 31.1 Å². The molecule has 1 heterocycles. The molecule has 4 N–H and O–H groups in total. The van der Waals surface area contributed by atoms with Crippen molar-refractivity contribution >= 4 is 32.6 Å². The topological polar surface area (TPSA) is 130 Å². The number of fused-ring (bicyclic) bond motifs is 1. The SMILES string of the molecule is CCOC(=O)CCc1[nH]c2cc(OCCNCC(O)c3ccc(F)c(NS(C)(=O)=O)c3)ccc2c1C. The number of benzene rings is 2. The Bertz CT molecular complexity index is 1310. The van der Waals surface area contributed by atoms with Crippen molar-refractivity contribution in [1.82, 2.24) is 10.3 Å². The molecule has 1 unspecified atom stereocenters. The lowest BCUT2D eigenvalue weighted by Crippen LogP contribution is -2.26. The van der Waals surface area contributed by atoms with Crippen LogP contribution < -0.4 is 14.8 Å². The first-order valence-corrected chi connectivity index (χ1v) is 13.5. The summed E-state index contributed by atoms with van der Waals surface area (Å²) in [6.07, 6.45) is 0.853. The molecule has 0 saturated carbocycles. The molecule has 36 heavy (non-hydrogen) atoms. The summed E-state index contributed by atoms with van der Waals surface area (Å²) in [6, 6.07) is 9.53. The molecule has 0 aliphatic heterocycles. The normalized spacial score (nSPS) is 12.5. The first-order chi connectivity index (χ1) is 17.1. The zero-order valence-corrected chi connectivity index (χ0v) is 21.4. The van der Waals surface area contributed by atoms with Gasteiger partial charge in [-0.15, -0.1) is 0 Å². The zero-order chi connectivity index (χ0) is 26.3. The van der Waals surface area contributed by atoms with Gasteiger partial charge in [0.2, 0.25) is 10.0 Å². The molecule has 2 aromatic carbocycles. The third-order valence-corrected chi connectivity index (χ3v) is 6.16. The van der Waals surface area contributed by atoms with Gasteiger partial charge in [-0.2, -0.15) is 0 Å². The van der Waals surface area contributed by atoms with Crippen LogP contribution in [0.5, 0.6) is 5.75 Å². The standard InChI is InChI=1S/C25H32FN3O6S/c1-4-34-25(31)10-9-21-16(2)19-7-6-18(14-22(19)28-21)35-12-11-27-15-24(30)17-5-8-20(26)23(13-17)29-36(3,32)33/h5-8,13-14,24,27-30H,4,9-12,15H2,1-3H3. The summed E-state index contributed by atoms with van der Waals surface area (Å²) in [7, 11) is -3.64. The number of hydrogen-bond donors (Lipinski definition) is 4. The van der Waals surface area contributed by atoms with Gasteiger partial charge in [0.25, 0.3) is 0 Å². The van der Waals surface area contributed by atoms with Gasteiger partial charge in [-0.25, -0.2) is 12.8 Å². The van der Waals surface area contributed by atoms with Crippen LogP contribution in [0.4, 0.5) is 10.1 Å². The minimum atomic E-state index is -3.64. The number of rotatable bonds is 13. The Morgan fingerprint density at radius 3 is 2.72 bits per heavy atom. The highest BCUT2D eigenvalue weighted by Gasteiger charge is 2.14. The van der Waals surface area contributed by atoms with Crippen LogP contribution in [0.3, 0.4) is 0 Å². The lowest BCUT2D eigenvalue weighted by Gasteiger charge is -2.14. The van der Waals surface area contributed by atoms with Gasteiger partial charge < -0.3 is 24.9 Å². The Labute approximate surface area is 210 Å². The highest BCUT2D eigenvalue weighted by Crippen LogP contribution is 2.26. The molecule has 0 saturated heterocycles. The van der Waals surface area contributed by atoms with E-state index < -0.39 is 21.9 Å². The van der Waals surface area contributed by atoms with Crippen molar-refractivity contribution in [1.29, 1.82) is 0 Å². The summed E-state index contributed by atoms with van der Waals surface area (Å²) in [5, 5.41) is 14.5. The summed E-state index contributed by atoms with van der Waals surface area (Å²) in [6.45, 7) is 5.13. The first kappa shape index (κ1) is 27.4. The summed E-state index contributed by atoms with van der Waals surface area (Å²) in [5.41, 5.74) is 3.16. The van der Waals surface area contributed by atoms with Crippen LogP contribution >= 0.6 is 0 Å². The van der Waals surface area contributed by atoms with E-state index in [0.29, 0.717) is 43.9 Å². The summed E-state index contributed by atoms with van der Waals surface area (Å²) < 4.78 is 49.5. The molecule has 0 fully saturated rings. The molecule has 11 heteroatoms. The monoisotopic (exact) mass is 521 g/mol. The van der Waals surface area contributed by atoms with Crippen LogP contribution in [0, 0.1) is 12.7 Å². The predicted octanol–water partition coefficient (Wildman–Crippen LogP) is 3.18. The first-order valence-electron chi connectivity index (χ1n) is 11.6. The molecule has 3 aromatic rings. The number of H-pyrrole nitrogens is 1. The van der Waals surface area contributed by atoms with Gasteiger partial charge in [-0.1, -0.05) is 6.07 Å². The van der Waals surface area contributed by atoms with E-state index >= 15 is 0 Å². The smallest absolute Gasteiger partial charge is 0.306 e. The number of aryl methyl sites for hydroxylation is 2. The number of anilines is 1. The fourth-order valence-corrected chi connectivity index (χ4v) is 4.35. The Hall–Kier alpha value is -3.15. The quantitative estimate of drug-likeness (QED) is 0.201. The van der Waals surface area contributed by atoms with Crippen molar-refractivity contribution in [2.45, 2.75) is 32.8 Å². The van der Waals surface area contributed by atoms with Crippen molar-refractivity contribution in [3.8, 4) is 5.75 Å². The Balaban J connectivity index is 1.49. The van der Waals surface area contributed by atoms with E-state index in [1.54, 1.807) is 6.92 Å². The lowest BCUT2D eigenvalue weighted by atomic mass is 10.1. The Morgan fingerprint density at radius 2 is 2.00 bits per heavy atom. The largest absolute Gasteiger partial charge is 0.492 e. The molecule has 0 radical (unpaired) electrons. The highest BCUT2D eigenvalue weighted by molar-refractivity contribution is 7.92. The van der Waals surface area contributed by atoms with Gasteiger partial charge in [0, 0.05) is 35.8 Å². The van der Waals surface area contributed by atoms with Gasteiger partial charge >= 0.3 is 5.97 Å². The van der Waals surface area contributed by atoms with Gasteiger partial charge in [-0.3, -0.25) is 9.52 Å². The number of sulfonamides is 1. The number of aliphatic hydroxyl groups is 1. The van der Waals surface area contributed by atoms with E-state index in [1.807, 2.05) is 25.1 Å². The predicted molar refractivity (Wildman–Crippen MR) is 136 cm³/mol. The van der Waals surface area contributed by atoms with Crippen molar-refractivity contribution in [2.24, 2.45) is 0 Å². The second-order valence-electron chi connectivity index (χ2n) is 8.42. The molecule has 1 aromatic heterocycles. The van der Waals surface area contributed by atoms with E-state index in [4.69, 9.17) is 9.47 Å². The van der Waals surface area contributed by atoms with Crippen LogP contribution in [0.15, 0.2) is 36.4 Å². The molecule has 3 rings (SSSR count). The summed E-state index contributed by atoms with van der Waals surface area (Å²) in [5.74, 6) is -0.265. The highest BCUT2D eigenvalue weighted by atomic mass is 32.2. The Morgan fingerprint density at radius 1 is 1.22 bits per heavy atom. The van der Waals surface area contributed by atoms with Crippen LogP contribution in [-0.2, 0) is 26.0 Å². The van der Waals surface area contributed by atoms with E-state index in [9.17, 15) is 22.7 Å². The summed E-state index contributed by atoms with van der Waals surface area (Å²) >= 11 is 0. The molecular weight excluding hydrogens is 489 g/mol. The summed E-state index contributed by atoms with van der Waals surface area (Å²) in [4.78, 5) is 15.0. The molecule has 196 valence electrons. The molecule has 0 spiro atoms. The van der Waals surface area contributed by atoms with E-state index in [0.717, 1.165) is 34.5 Å². The molecule has 0 amide bonds. The fourth-order valence-electron chi connectivity index (χ4n) is 3.80. The average Bonchev–Trinajstić information content (AvgIpc) is 3.13. The fraction of sp³-hybridized carbons (Fsp3) is 0.400. The average molecular weight is 522 g/mol. The van der Waals surface area contributed by atoms with E-state index in [2.05, 4.69) is 15.0 Å². The van der Waals surface area contributed by atoms with Crippen LogP contribution in [-0.4, -0.2) is 57.0 Å². The maximum Gasteiger partial charge on any atom is 0.306 e. The molecule has 9 nitrogen and oxygen atoms in total. The van der Waals surface area contributed by atoms with Gasteiger partial charge in [0.1, 0.15) is 18.2 Å². The number of esters is 1. The molecule has 0 aliphatic carbocycles. The number of carbonyl (C=O) groups excluding carboxylic acids is 1. The number of halogens is 1. The Kier molecular flexibility index (Phi) is 9.30. The lowest BCUT2D eigenvalue weighted by molar-refractivity contribution is -0.143. The van der Waals surface area contributed by atoms with Crippen molar-refractivity contribution in [2.75, 3.05) is 37.3 Å². The number of ether oxygens (including phenoxy) is 2. The second-order valence-corrected chi connectivity index (χ2v) is 10.2. The third kappa shape index (κ3) is 7.67. The van der Waals surface area contributed by atoms with Gasteiger partial charge in [-0.05, 0) is 55.7 Å². The molecule has 0 aliphatic rings. The number of aromatic nitrogens is 1. The molecule has 0 bridgehead atoms. The van der Waals surface area contributed by atoms with E-state index in [-0.39, 0.29) is 18.2 Å². The van der Waals surface area contributed by atoms with Crippen molar-refractivity contribution < 1.29 is 32.2 Å².